The highest BCUT2D eigenvalue weighted by molar-refractivity contribution is 7.86. The Balaban J connectivity index is 2.81. The predicted octanol–water partition coefficient (Wildman–Crippen LogP) is 0.0296. The first kappa shape index (κ1) is 14.6. The summed E-state index contributed by atoms with van der Waals surface area (Å²) in [5.74, 6) is -0.815. The van der Waals surface area contributed by atoms with Gasteiger partial charge in [-0.1, -0.05) is 6.08 Å². The van der Waals surface area contributed by atoms with Crippen LogP contribution in [0.4, 0.5) is 0 Å². The van der Waals surface area contributed by atoms with Crippen LogP contribution in [0.2, 0.25) is 0 Å². The minimum absolute atomic E-state index is 0.151. The van der Waals surface area contributed by atoms with Gasteiger partial charge in [-0.05, 0) is 13.8 Å². The molecular weight excluding hydrogens is 248 g/mol. The quantitative estimate of drug-likeness (QED) is 0.558. The SMILES string of the molecule is C=CC(O)C(OS(C)(=O)=O)C1COC(C)(C)O1. The molecule has 0 aromatic rings. The minimum Gasteiger partial charge on any atom is -0.386 e. The lowest BCUT2D eigenvalue weighted by Crippen LogP contribution is -2.42. The Hall–Kier alpha value is -0.470. The molecule has 0 aliphatic carbocycles. The van der Waals surface area contributed by atoms with E-state index >= 15 is 0 Å². The van der Waals surface area contributed by atoms with E-state index in [9.17, 15) is 13.5 Å². The molecule has 1 aliphatic heterocycles. The number of hydrogen-bond donors (Lipinski definition) is 1. The highest BCUT2D eigenvalue weighted by Crippen LogP contribution is 2.27. The van der Waals surface area contributed by atoms with Crippen molar-refractivity contribution < 1.29 is 27.2 Å². The zero-order valence-electron chi connectivity index (χ0n) is 10.1. The first-order chi connectivity index (χ1) is 7.64. The Bertz CT molecular complexity index is 374. The van der Waals surface area contributed by atoms with Crippen molar-refractivity contribution in [1.82, 2.24) is 0 Å². The molecule has 1 rings (SSSR count). The summed E-state index contributed by atoms with van der Waals surface area (Å²) in [7, 11) is -3.70. The van der Waals surface area contributed by atoms with Gasteiger partial charge >= 0.3 is 0 Å². The van der Waals surface area contributed by atoms with E-state index in [4.69, 9.17) is 13.7 Å². The average molecular weight is 266 g/mol. The summed E-state index contributed by atoms with van der Waals surface area (Å²) in [4.78, 5) is 0. The van der Waals surface area contributed by atoms with E-state index < -0.39 is 34.2 Å². The third kappa shape index (κ3) is 4.36. The fourth-order valence-electron chi connectivity index (χ4n) is 1.55. The summed E-state index contributed by atoms with van der Waals surface area (Å²) in [5.41, 5.74) is 0. The molecule has 3 atom stereocenters. The second kappa shape index (κ2) is 5.03. The standard InChI is InChI=1S/C10H18O6S/c1-5-7(11)9(16-17(4,12)13)8-6-14-10(2,3)15-8/h5,7-9,11H,1,6H2,2-4H3. The van der Waals surface area contributed by atoms with Crippen molar-refractivity contribution in [3.05, 3.63) is 12.7 Å². The van der Waals surface area contributed by atoms with Crippen molar-refractivity contribution in [2.45, 2.75) is 37.9 Å². The number of aliphatic hydroxyl groups excluding tert-OH is 1. The summed E-state index contributed by atoms with van der Waals surface area (Å²) < 4.78 is 37.8. The molecule has 0 saturated carbocycles. The maximum atomic E-state index is 11.1. The van der Waals surface area contributed by atoms with Crippen LogP contribution in [0.1, 0.15) is 13.8 Å². The fraction of sp³-hybridized carbons (Fsp3) is 0.800. The van der Waals surface area contributed by atoms with Crippen LogP contribution in [-0.4, -0.2) is 50.5 Å². The molecule has 0 spiro atoms. The molecule has 100 valence electrons. The Morgan fingerprint density at radius 2 is 2.18 bits per heavy atom. The minimum atomic E-state index is -3.70. The zero-order chi connectivity index (χ0) is 13.3. The molecule has 0 radical (unpaired) electrons. The smallest absolute Gasteiger partial charge is 0.264 e. The summed E-state index contributed by atoms with van der Waals surface area (Å²) in [6.45, 7) is 6.95. The summed E-state index contributed by atoms with van der Waals surface area (Å²) in [6, 6.07) is 0. The fourth-order valence-corrected chi connectivity index (χ4v) is 2.19. The van der Waals surface area contributed by atoms with Crippen LogP contribution in [0.15, 0.2) is 12.7 Å². The molecule has 1 heterocycles. The highest BCUT2D eigenvalue weighted by Gasteiger charge is 2.41. The monoisotopic (exact) mass is 266 g/mol. The van der Waals surface area contributed by atoms with Gasteiger partial charge in [0.05, 0.1) is 12.9 Å². The summed E-state index contributed by atoms with van der Waals surface area (Å²) in [6.07, 6.45) is -0.745. The van der Waals surface area contributed by atoms with Crippen molar-refractivity contribution in [1.29, 1.82) is 0 Å². The Labute approximate surface area is 101 Å². The molecule has 1 aliphatic rings. The molecule has 0 amide bonds. The lowest BCUT2D eigenvalue weighted by atomic mass is 10.1. The van der Waals surface area contributed by atoms with Crippen molar-refractivity contribution in [2.75, 3.05) is 12.9 Å². The highest BCUT2D eigenvalue weighted by atomic mass is 32.2. The van der Waals surface area contributed by atoms with Gasteiger partial charge in [0.25, 0.3) is 10.1 Å². The molecule has 17 heavy (non-hydrogen) atoms. The number of aliphatic hydroxyl groups is 1. The molecular formula is C10H18O6S. The molecule has 0 bridgehead atoms. The first-order valence-electron chi connectivity index (χ1n) is 5.15. The third-order valence-corrected chi connectivity index (χ3v) is 2.83. The first-order valence-corrected chi connectivity index (χ1v) is 6.97. The van der Waals surface area contributed by atoms with Crippen molar-refractivity contribution in [3.63, 3.8) is 0 Å². The number of hydrogen-bond acceptors (Lipinski definition) is 6. The van der Waals surface area contributed by atoms with E-state index in [1.54, 1.807) is 13.8 Å². The second-order valence-corrected chi connectivity index (χ2v) is 5.96. The van der Waals surface area contributed by atoms with Gasteiger partial charge < -0.3 is 14.6 Å². The van der Waals surface area contributed by atoms with E-state index in [0.29, 0.717) is 0 Å². The van der Waals surface area contributed by atoms with Gasteiger partial charge in [0, 0.05) is 0 Å². The largest absolute Gasteiger partial charge is 0.386 e. The lowest BCUT2D eigenvalue weighted by Gasteiger charge is -2.25. The molecule has 0 aromatic carbocycles. The molecule has 3 unspecified atom stereocenters. The van der Waals surface area contributed by atoms with Crippen LogP contribution in [0.5, 0.6) is 0 Å². The molecule has 7 heteroatoms. The van der Waals surface area contributed by atoms with Gasteiger partial charge in [0.15, 0.2) is 5.79 Å². The van der Waals surface area contributed by atoms with Gasteiger partial charge in [-0.25, -0.2) is 0 Å². The topological polar surface area (TPSA) is 82.1 Å². The van der Waals surface area contributed by atoms with Crippen LogP contribution < -0.4 is 0 Å². The van der Waals surface area contributed by atoms with Crippen LogP contribution >= 0.6 is 0 Å². The van der Waals surface area contributed by atoms with E-state index in [1.165, 1.54) is 6.08 Å². The van der Waals surface area contributed by atoms with Crippen LogP contribution in [0.25, 0.3) is 0 Å². The Kier molecular flexibility index (Phi) is 4.32. The van der Waals surface area contributed by atoms with Gasteiger partial charge in [-0.3, -0.25) is 4.18 Å². The van der Waals surface area contributed by atoms with E-state index in [1.807, 2.05) is 0 Å². The van der Waals surface area contributed by atoms with Crippen LogP contribution in [0, 0.1) is 0 Å². The van der Waals surface area contributed by atoms with Crippen molar-refractivity contribution >= 4 is 10.1 Å². The Morgan fingerprint density at radius 1 is 1.59 bits per heavy atom. The van der Waals surface area contributed by atoms with E-state index in [2.05, 4.69) is 6.58 Å². The number of rotatable bonds is 5. The van der Waals surface area contributed by atoms with Gasteiger partial charge in [0.1, 0.15) is 18.3 Å². The Morgan fingerprint density at radius 3 is 2.53 bits per heavy atom. The van der Waals surface area contributed by atoms with Crippen molar-refractivity contribution in [2.24, 2.45) is 0 Å². The molecule has 0 aromatic heterocycles. The maximum Gasteiger partial charge on any atom is 0.264 e. The molecule has 6 nitrogen and oxygen atoms in total. The third-order valence-electron chi connectivity index (χ3n) is 2.26. The van der Waals surface area contributed by atoms with E-state index in [0.717, 1.165) is 6.26 Å². The molecule has 1 saturated heterocycles. The normalized spacial score (nSPS) is 27.6. The summed E-state index contributed by atoms with van der Waals surface area (Å²) in [5, 5.41) is 9.67. The van der Waals surface area contributed by atoms with E-state index in [-0.39, 0.29) is 6.61 Å². The van der Waals surface area contributed by atoms with Gasteiger partial charge in [-0.15, -0.1) is 6.58 Å². The average Bonchev–Trinajstić information content (AvgIpc) is 2.52. The van der Waals surface area contributed by atoms with Crippen LogP contribution in [-0.2, 0) is 23.8 Å². The van der Waals surface area contributed by atoms with Crippen molar-refractivity contribution in [3.8, 4) is 0 Å². The van der Waals surface area contributed by atoms with Gasteiger partial charge in [0.2, 0.25) is 0 Å². The molecule has 1 fully saturated rings. The maximum absolute atomic E-state index is 11.1. The summed E-state index contributed by atoms with van der Waals surface area (Å²) >= 11 is 0. The predicted molar refractivity (Wildman–Crippen MR) is 60.8 cm³/mol. The van der Waals surface area contributed by atoms with Gasteiger partial charge in [-0.2, -0.15) is 8.42 Å². The molecule has 1 N–H and O–H groups in total. The lowest BCUT2D eigenvalue weighted by molar-refractivity contribution is -0.154. The van der Waals surface area contributed by atoms with Crippen LogP contribution in [0.3, 0.4) is 0 Å². The zero-order valence-corrected chi connectivity index (χ0v) is 10.9. The number of ether oxygens (including phenoxy) is 2. The second-order valence-electron chi connectivity index (χ2n) is 4.36.